The van der Waals surface area contributed by atoms with Gasteiger partial charge in [-0.2, -0.15) is 4.31 Å². The van der Waals surface area contributed by atoms with Crippen LogP contribution >= 0.6 is 11.6 Å². The average Bonchev–Trinajstić information content (AvgIpc) is 2.89. The molecule has 1 aliphatic carbocycles. The lowest BCUT2D eigenvalue weighted by molar-refractivity contribution is -0.133. The Kier molecular flexibility index (Phi) is 6.07. The second kappa shape index (κ2) is 8.45. The van der Waals surface area contributed by atoms with Crippen molar-refractivity contribution in [1.29, 1.82) is 0 Å². The van der Waals surface area contributed by atoms with Gasteiger partial charge in [-0.1, -0.05) is 49.4 Å². The molecule has 8 nitrogen and oxygen atoms in total. The first-order valence-electron chi connectivity index (χ1n) is 10.4. The van der Waals surface area contributed by atoms with Gasteiger partial charge in [-0.25, -0.2) is 18.1 Å². The quantitative estimate of drug-likeness (QED) is 0.705. The second-order valence-corrected chi connectivity index (χ2v) is 10.6. The average molecular weight is 455 g/mol. The molecule has 1 saturated carbocycles. The van der Waals surface area contributed by atoms with E-state index in [2.05, 4.69) is 5.32 Å². The topological polar surface area (TPSA) is 90.0 Å². The van der Waals surface area contributed by atoms with Crippen LogP contribution in [0.2, 0.25) is 5.02 Å². The van der Waals surface area contributed by atoms with Crippen molar-refractivity contribution in [3.63, 3.8) is 0 Å². The number of halogens is 1. The number of nitrogens with zero attached hydrogens (tertiary/aromatic N) is 3. The van der Waals surface area contributed by atoms with E-state index in [1.165, 1.54) is 15.3 Å². The first-order valence-corrected chi connectivity index (χ1v) is 12.3. The number of amides is 3. The number of hydrogen-bond acceptors (Lipinski definition) is 5. The SMILES string of the molecule is O=C1NC2(CCCCCC2)C(=O)N1CN1CCN(S(=O)(=O)c2ccccc2Cl)CC1. The molecule has 2 heterocycles. The molecule has 0 unspecified atom stereocenters. The molecule has 3 aliphatic rings. The number of carbonyl (C=O) groups is 2. The highest BCUT2D eigenvalue weighted by Crippen LogP contribution is 2.33. The summed E-state index contributed by atoms with van der Waals surface area (Å²) in [5.74, 6) is -0.138. The highest BCUT2D eigenvalue weighted by atomic mass is 35.5. The van der Waals surface area contributed by atoms with Crippen LogP contribution in [0.4, 0.5) is 4.79 Å². The van der Waals surface area contributed by atoms with Gasteiger partial charge in [0, 0.05) is 26.2 Å². The zero-order valence-electron chi connectivity index (χ0n) is 16.8. The molecule has 10 heteroatoms. The molecule has 1 spiro atoms. The molecular weight excluding hydrogens is 428 g/mol. The molecule has 0 aromatic heterocycles. The molecule has 0 bridgehead atoms. The van der Waals surface area contributed by atoms with Crippen LogP contribution < -0.4 is 5.32 Å². The summed E-state index contributed by atoms with van der Waals surface area (Å²) in [6, 6.07) is 6.07. The van der Waals surface area contributed by atoms with Crippen LogP contribution in [-0.2, 0) is 14.8 Å². The van der Waals surface area contributed by atoms with Gasteiger partial charge in [-0.15, -0.1) is 0 Å². The maximum absolute atomic E-state index is 13.1. The molecule has 30 heavy (non-hydrogen) atoms. The van der Waals surface area contributed by atoms with Gasteiger partial charge >= 0.3 is 6.03 Å². The largest absolute Gasteiger partial charge is 0.326 e. The Labute approximate surface area is 182 Å². The van der Waals surface area contributed by atoms with Crippen LogP contribution in [-0.4, -0.2) is 72.8 Å². The number of piperazine rings is 1. The third kappa shape index (κ3) is 3.95. The van der Waals surface area contributed by atoms with Gasteiger partial charge in [0.2, 0.25) is 10.0 Å². The van der Waals surface area contributed by atoms with E-state index in [9.17, 15) is 18.0 Å². The summed E-state index contributed by atoms with van der Waals surface area (Å²) in [7, 11) is -3.68. The molecule has 3 amide bonds. The molecule has 3 fully saturated rings. The Balaban J connectivity index is 1.39. The minimum Gasteiger partial charge on any atom is -0.323 e. The van der Waals surface area contributed by atoms with Gasteiger partial charge < -0.3 is 5.32 Å². The zero-order chi connectivity index (χ0) is 21.4. The van der Waals surface area contributed by atoms with E-state index in [1.807, 2.05) is 4.90 Å². The van der Waals surface area contributed by atoms with Crippen molar-refractivity contribution >= 4 is 33.6 Å². The minimum atomic E-state index is -3.68. The third-order valence-electron chi connectivity index (χ3n) is 6.33. The van der Waals surface area contributed by atoms with Gasteiger partial charge in [0.25, 0.3) is 5.91 Å². The molecule has 1 N–H and O–H groups in total. The summed E-state index contributed by atoms with van der Waals surface area (Å²) in [4.78, 5) is 28.9. The molecule has 0 atom stereocenters. The lowest BCUT2D eigenvalue weighted by Crippen LogP contribution is -2.53. The Morgan fingerprint density at radius 2 is 1.60 bits per heavy atom. The Hall–Kier alpha value is -1.68. The van der Waals surface area contributed by atoms with E-state index in [4.69, 9.17) is 11.6 Å². The summed E-state index contributed by atoms with van der Waals surface area (Å²) in [6.45, 7) is 1.62. The van der Waals surface area contributed by atoms with E-state index < -0.39 is 15.6 Å². The number of urea groups is 1. The van der Waals surface area contributed by atoms with Crippen molar-refractivity contribution in [3.05, 3.63) is 29.3 Å². The first-order chi connectivity index (χ1) is 14.3. The number of imide groups is 1. The first kappa shape index (κ1) is 21.5. The van der Waals surface area contributed by atoms with E-state index in [0.717, 1.165) is 25.7 Å². The lowest BCUT2D eigenvalue weighted by Gasteiger charge is -2.35. The van der Waals surface area contributed by atoms with E-state index >= 15 is 0 Å². The van der Waals surface area contributed by atoms with Crippen molar-refractivity contribution < 1.29 is 18.0 Å². The summed E-state index contributed by atoms with van der Waals surface area (Å²) in [5.41, 5.74) is -0.747. The number of rotatable bonds is 4. The molecule has 2 aliphatic heterocycles. The molecular formula is C20H27ClN4O4S. The predicted molar refractivity (Wildman–Crippen MR) is 112 cm³/mol. The van der Waals surface area contributed by atoms with Crippen molar-refractivity contribution in [2.75, 3.05) is 32.8 Å². The molecule has 4 rings (SSSR count). The zero-order valence-corrected chi connectivity index (χ0v) is 18.4. The van der Waals surface area contributed by atoms with Crippen molar-refractivity contribution in [3.8, 4) is 0 Å². The van der Waals surface area contributed by atoms with Crippen LogP contribution in [0.5, 0.6) is 0 Å². The molecule has 164 valence electrons. The maximum Gasteiger partial charge on any atom is 0.326 e. The van der Waals surface area contributed by atoms with Gasteiger partial charge in [-0.3, -0.25) is 9.69 Å². The van der Waals surface area contributed by atoms with Crippen LogP contribution in [0.25, 0.3) is 0 Å². The normalized spacial score (nSPS) is 23.6. The number of nitrogens with one attached hydrogen (secondary N) is 1. The van der Waals surface area contributed by atoms with E-state index in [1.54, 1.807) is 18.2 Å². The summed E-state index contributed by atoms with van der Waals surface area (Å²) in [6.07, 6.45) is 5.45. The summed E-state index contributed by atoms with van der Waals surface area (Å²) < 4.78 is 27.2. The molecule has 1 aromatic carbocycles. The Bertz CT molecular complexity index is 922. The minimum absolute atomic E-state index is 0.101. The van der Waals surface area contributed by atoms with E-state index in [-0.39, 0.29) is 41.6 Å². The second-order valence-electron chi connectivity index (χ2n) is 8.25. The summed E-state index contributed by atoms with van der Waals surface area (Å²) >= 11 is 6.08. The number of carbonyl (C=O) groups excluding carboxylic acids is 2. The fraction of sp³-hybridized carbons (Fsp3) is 0.600. The highest BCUT2D eigenvalue weighted by molar-refractivity contribution is 7.89. The predicted octanol–water partition coefficient (Wildman–Crippen LogP) is 2.25. The van der Waals surface area contributed by atoms with Crippen molar-refractivity contribution in [2.24, 2.45) is 0 Å². The maximum atomic E-state index is 13.1. The molecule has 2 saturated heterocycles. The van der Waals surface area contributed by atoms with Crippen LogP contribution in [0.1, 0.15) is 38.5 Å². The van der Waals surface area contributed by atoms with Crippen LogP contribution in [0.3, 0.4) is 0 Å². The highest BCUT2D eigenvalue weighted by Gasteiger charge is 2.51. The van der Waals surface area contributed by atoms with Crippen LogP contribution in [0, 0.1) is 0 Å². The standard InChI is InChI=1S/C20H27ClN4O4S/c21-16-7-3-4-8-17(16)30(28,29)24-13-11-23(12-14-24)15-25-18(26)20(22-19(25)27)9-5-1-2-6-10-20/h3-4,7-8H,1-2,5-6,9-15H2,(H,22,27). The smallest absolute Gasteiger partial charge is 0.323 e. The molecule has 1 aromatic rings. The fourth-order valence-corrected chi connectivity index (χ4v) is 6.50. The molecule has 0 radical (unpaired) electrons. The van der Waals surface area contributed by atoms with Crippen molar-refractivity contribution in [1.82, 2.24) is 19.4 Å². The van der Waals surface area contributed by atoms with Crippen molar-refractivity contribution in [2.45, 2.75) is 49.0 Å². The van der Waals surface area contributed by atoms with Gasteiger partial charge in [0.05, 0.1) is 11.7 Å². The summed E-state index contributed by atoms with van der Waals surface area (Å²) in [5, 5.41) is 3.15. The number of benzene rings is 1. The third-order valence-corrected chi connectivity index (χ3v) is 8.73. The lowest BCUT2D eigenvalue weighted by atomic mass is 9.90. The Morgan fingerprint density at radius 1 is 0.967 bits per heavy atom. The van der Waals surface area contributed by atoms with Gasteiger partial charge in [0.1, 0.15) is 10.4 Å². The number of hydrogen-bond donors (Lipinski definition) is 1. The van der Waals surface area contributed by atoms with Gasteiger partial charge in [-0.05, 0) is 25.0 Å². The van der Waals surface area contributed by atoms with E-state index in [0.29, 0.717) is 25.9 Å². The Morgan fingerprint density at radius 3 is 2.23 bits per heavy atom. The van der Waals surface area contributed by atoms with Crippen LogP contribution in [0.15, 0.2) is 29.2 Å². The number of sulfonamides is 1. The van der Waals surface area contributed by atoms with Gasteiger partial charge in [0.15, 0.2) is 0 Å². The monoisotopic (exact) mass is 454 g/mol. The fourth-order valence-electron chi connectivity index (χ4n) is 4.58.